The second-order valence-corrected chi connectivity index (χ2v) is 6.90. The van der Waals surface area contributed by atoms with E-state index in [4.69, 9.17) is 17.0 Å². The summed E-state index contributed by atoms with van der Waals surface area (Å²) in [6.45, 7) is 6.42. The van der Waals surface area contributed by atoms with Crippen LogP contribution in [0.2, 0.25) is 0 Å². The van der Waals surface area contributed by atoms with Crippen molar-refractivity contribution in [1.82, 2.24) is 10.6 Å². The van der Waals surface area contributed by atoms with Crippen LogP contribution in [-0.2, 0) is 0 Å². The highest BCUT2D eigenvalue weighted by Crippen LogP contribution is 2.14. The van der Waals surface area contributed by atoms with E-state index in [1.165, 1.54) is 0 Å². The van der Waals surface area contributed by atoms with Crippen LogP contribution in [0, 0.1) is 0 Å². The van der Waals surface area contributed by atoms with E-state index in [1.54, 1.807) is 48.5 Å². The Kier molecular flexibility index (Phi) is 7.95. The van der Waals surface area contributed by atoms with Gasteiger partial charge in [0.2, 0.25) is 0 Å². The van der Waals surface area contributed by atoms with Gasteiger partial charge in [-0.2, -0.15) is 0 Å². The van der Waals surface area contributed by atoms with E-state index >= 15 is 0 Å². The van der Waals surface area contributed by atoms with Crippen molar-refractivity contribution in [2.45, 2.75) is 33.2 Å². The lowest BCUT2D eigenvalue weighted by atomic mass is 10.2. The lowest BCUT2D eigenvalue weighted by Crippen LogP contribution is -2.34. The third kappa shape index (κ3) is 6.66. The number of amides is 2. The summed E-state index contributed by atoms with van der Waals surface area (Å²) in [5.41, 5.74) is 1.68. The van der Waals surface area contributed by atoms with Crippen molar-refractivity contribution < 1.29 is 14.3 Å². The number of nitrogens with one attached hydrogen (secondary N) is 3. The molecule has 0 aliphatic heterocycles. The summed E-state index contributed by atoms with van der Waals surface area (Å²) in [5, 5.41) is 8.57. The molecule has 7 heteroatoms. The number of hydrogen-bond acceptors (Lipinski definition) is 4. The average molecular weight is 400 g/mol. The van der Waals surface area contributed by atoms with Gasteiger partial charge in [-0.05, 0) is 75.0 Å². The van der Waals surface area contributed by atoms with Crippen LogP contribution in [-0.4, -0.2) is 29.6 Å². The van der Waals surface area contributed by atoms with Crippen molar-refractivity contribution in [2.24, 2.45) is 0 Å². The molecule has 2 aromatic rings. The van der Waals surface area contributed by atoms with E-state index in [0.29, 0.717) is 29.2 Å². The number of rotatable bonds is 7. The van der Waals surface area contributed by atoms with Gasteiger partial charge >= 0.3 is 0 Å². The van der Waals surface area contributed by atoms with Gasteiger partial charge in [-0.1, -0.05) is 13.0 Å². The molecule has 0 fully saturated rings. The Balaban J connectivity index is 1.93. The molecular weight excluding hydrogens is 374 g/mol. The molecule has 0 heterocycles. The number of hydrogen-bond donors (Lipinski definition) is 3. The molecule has 0 aliphatic carbocycles. The maximum atomic E-state index is 12.4. The maximum absolute atomic E-state index is 12.4. The van der Waals surface area contributed by atoms with E-state index in [0.717, 1.165) is 6.42 Å². The van der Waals surface area contributed by atoms with E-state index in [-0.39, 0.29) is 23.0 Å². The first-order valence-electron chi connectivity index (χ1n) is 9.15. The Labute approximate surface area is 170 Å². The normalized spacial score (nSPS) is 10.3. The van der Waals surface area contributed by atoms with E-state index in [9.17, 15) is 9.59 Å². The van der Waals surface area contributed by atoms with Crippen molar-refractivity contribution >= 4 is 34.8 Å². The van der Waals surface area contributed by atoms with Gasteiger partial charge < -0.3 is 15.4 Å². The summed E-state index contributed by atoms with van der Waals surface area (Å²) in [5.74, 6) is 0.179. The van der Waals surface area contributed by atoms with Crippen LogP contribution in [0.1, 0.15) is 47.9 Å². The summed E-state index contributed by atoms with van der Waals surface area (Å²) in [4.78, 5) is 24.3. The zero-order chi connectivity index (χ0) is 20.5. The number of carbonyl (C=O) groups excluding carboxylic acids is 2. The van der Waals surface area contributed by atoms with Crippen LogP contribution in [0.5, 0.6) is 5.75 Å². The fourth-order valence-electron chi connectivity index (χ4n) is 2.34. The standard InChI is InChI=1S/C21H25N3O3S/c1-4-12-27-18-7-5-6-16(13-18)20(26)24-21(28)23-17-10-8-15(9-11-17)19(25)22-14(2)3/h5-11,13-14H,4,12H2,1-3H3,(H,22,25)(H2,23,24,26,28). The SMILES string of the molecule is CCCOc1cccc(C(=O)NC(=S)Nc2ccc(C(=O)NC(C)C)cc2)c1. The van der Waals surface area contributed by atoms with Crippen LogP contribution in [0.4, 0.5) is 5.69 Å². The highest BCUT2D eigenvalue weighted by atomic mass is 32.1. The minimum Gasteiger partial charge on any atom is -0.494 e. The number of ether oxygens (including phenoxy) is 1. The maximum Gasteiger partial charge on any atom is 0.257 e. The van der Waals surface area contributed by atoms with Gasteiger partial charge in [-0.3, -0.25) is 14.9 Å². The summed E-state index contributed by atoms with van der Waals surface area (Å²) >= 11 is 5.20. The van der Waals surface area contributed by atoms with Crippen molar-refractivity contribution in [3.05, 3.63) is 59.7 Å². The van der Waals surface area contributed by atoms with Crippen LogP contribution < -0.4 is 20.7 Å². The molecule has 0 spiro atoms. The van der Waals surface area contributed by atoms with Gasteiger partial charge in [0.05, 0.1) is 6.61 Å². The molecule has 0 saturated heterocycles. The first kappa shape index (κ1) is 21.4. The van der Waals surface area contributed by atoms with Gasteiger partial charge in [0.25, 0.3) is 11.8 Å². The molecule has 3 N–H and O–H groups in total. The predicted octanol–water partition coefficient (Wildman–Crippen LogP) is 3.74. The third-order valence-corrected chi connectivity index (χ3v) is 3.82. The summed E-state index contributed by atoms with van der Waals surface area (Å²) in [7, 11) is 0. The summed E-state index contributed by atoms with van der Waals surface area (Å²) < 4.78 is 5.54. The Morgan fingerprint density at radius 2 is 1.75 bits per heavy atom. The smallest absolute Gasteiger partial charge is 0.257 e. The summed E-state index contributed by atoms with van der Waals surface area (Å²) in [6.07, 6.45) is 0.891. The van der Waals surface area contributed by atoms with Gasteiger partial charge in [0, 0.05) is 22.9 Å². The molecule has 6 nitrogen and oxygen atoms in total. The molecule has 0 aliphatic rings. The minimum absolute atomic E-state index is 0.0685. The second kappa shape index (κ2) is 10.4. The second-order valence-electron chi connectivity index (χ2n) is 6.49. The molecular formula is C21H25N3O3S. The van der Waals surface area contributed by atoms with Crippen molar-refractivity contribution in [2.75, 3.05) is 11.9 Å². The Morgan fingerprint density at radius 1 is 1.04 bits per heavy atom. The van der Waals surface area contributed by atoms with Crippen molar-refractivity contribution in [3.63, 3.8) is 0 Å². The molecule has 0 unspecified atom stereocenters. The molecule has 2 aromatic carbocycles. The Morgan fingerprint density at radius 3 is 2.39 bits per heavy atom. The molecule has 2 amide bonds. The van der Waals surface area contributed by atoms with Crippen LogP contribution in [0.3, 0.4) is 0 Å². The molecule has 0 bridgehead atoms. The zero-order valence-electron chi connectivity index (χ0n) is 16.2. The number of benzene rings is 2. The molecule has 0 atom stereocenters. The lowest BCUT2D eigenvalue weighted by Gasteiger charge is -2.12. The van der Waals surface area contributed by atoms with Crippen LogP contribution >= 0.6 is 12.2 Å². The highest BCUT2D eigenvalue weighted by molar-refractivity contribution is 7.80. The van der Waals surface area contributed by atoms with Crippen molar-refractivity contribution in [3.8, 4) is 5.75 Å². The first-order chi connectivity index (χ1) is 13.4. The Bertz CT molecular complexity index is 835. The zero-order valence-corrected chi connectivity index (χ0v) is 17.1. The Hall–Kier alpha value is -2.93. The molecule has 0 radical (unpaired) electrons. The number of anilines is 1. The van der Waals surface area contributed by atoms with Gasteiger partial charge in [-0.15, -0.1) is 0 Å². The molecule has 2 rings (SSSR count). The fraction of sp³-hybridized carbons (Fsp3) is 0.286. The molecule has 148 valence electrons. The minimum atomic E-state index is -0.327. The summed E-state index contributed by atoms with van der Waals surface area (Å²) in [6, 6.07) is 13.9. The van der Waals surface area contributed by atoms with E-state index in [1.807, 2.05) is 20.8 Å². The van der Waals surface area contributed by atoms with Crippen molar-refractivity contribution in [1.29, 1.82) is 0 Å². The molecule has 0 saturated carbocycles. The van der Waals surface area contributed by atoms with E-state index < -0.39 is 0 Å². The third-order valence-electron chi connectivity index (χ3n) is 3.62. The monoisotopic (exact) mass is 399 g/mol. The lowest BCUT2D eigenvalue weighted by molar-refractivity contribution is 0.0941. The highest BCUT2D eigenvalue weighted by Gasteiger charge is 2.10. The predicted molar refractivity (Wildman–Crippen MR) is 115 cm³/mol. The largest absolute Gasteiger partial charge is 0.494 e. The van der Waals surface area contributed by atoms with Gasteiger partial charge in [-0.25, -0.2) is 0 Å². The van der Waals surface area contributed by atoms with E-state index in [2.05, 4.69) is 16.0 Å². The topological polar surface area (TPSA) is 79.5 Å². The average Bonchev–Trinajstić information content (AvgIpc) is 2.66. The van der Waals surface area contributed by atoms with Gasteiger partial charge in [0.1, 0.15) is 5.75 Å². The molecule has 28 heavy (non-hydrogen) atoms. The van der Waals surface area contributed by atoms with Gasteiger partial charge in [0.15, 0.2) is 5.11 Å². The van der Waals surface area contributed by atoms with Crippen LogP contribution in [0.15, 0.2) is 48.5 Å². The fourth-order valence-corrected chi connectivity index (χ4v) is 2.55. The van der Waals surface area contributed by atoms with Crippen LogP contribution in [0.25, 0.3) is 0 Å². The molecule has 0 aromatic heterocycles. The number of carbonyl (C=O) groups is 2. The quantitative estimate of drug-likeness (QED) is 0.618. The first-order valence-corrected chi connectivity index (χ1v) is 9.56. The number of thiocarbonyl (C=S) groups is 1.